The first-order chi connectivity index (χ1) is 10.1. The third-order valence-corrected chi connectivity index (χ3v) is 3.81. The Kier molecular flexibility index (Phi) is 5.20. The number of nitrogens with one attached hydrogen (secondary N) is 1. The number of para-hydroxylation sites is 1. The fraction of sp³-hybridized carbons (Fsp3) is 0.500. The number of carbonyl (C=O) groups is 2. The summed E-state index contributed by atoms with van der Waals surface area (Å²) in [5, 5.41) is 11.8. The lowest BCUT2D eigenvalue weighted by Gasteiger charge is -2.18. The predicted octanol–water partition coefficient (Wildman–Crippen LogP) is 2.97. The van der Waals surface area contributed by atoms with Gasteiger partial charge < -0.3 is 15.3 Å². The summed E-state index contributed by atoms with van der Waals surface area (Å²) in [7, 11) is 0. The van der Waals surface area contributed by atoms with Crippen molar-refractivity contribution in [2.24, 2.45) is 5.92 Å². The van der Waals surface area contributed by atoms with E-state index < -0.39 is 5.97 Å². The van der Waals surface area contributed by atoms with Crippen molar-refractivity contribution in [3.05, 3.63) is 29.8 Å². The fourth-order valence-corrected chi connectivity index (χ4v) is 2.75. The molecule has 0 aromatic heterocycles. The normalized spacial score (nSPS) is 17.8. The number of hydrogen-bond acceptors (Lipinski definition) is 2. The van der Waals surface area contributed by atoms with E-state index in [-0.39, 0.29) is 18.4 Å². The summed E-state index contributed by atoms with van der Waals surface area (Å²) in [4.78, 5) is 24.7. The summed E-state index contributed by atoms with van der Waals surface area (Å²) in [6.45, 7) is 3.25. The van der Waals surface area contributed by atoms with Crippen LogP contribution in [0.15, 0.2) is 24.3 Å². The molecular formula is C16H22N2O3. The van der Waals surface area contributed by atoms with Gasteiger partial charge in [0, 0.05) is 25.2 Å². The number of hydrogen-bond donors (Lipinski definition) is 2. The molecule has 1 unspecified atom stereocenters. The Morgan fingerprint density at radius 3 is 2.86 bits per heavy atom. The summed E-state index contributed by atoms with van der Waals surface area (Å²) < 4.78 is 0. The third-order valence-electron chi connectivity index (χ3n) is 3.81. The summed E-state index contributed by atoms with van der Waals surface area (Å²) in [5.74, 6) is -0.727. The number of aliphatic carboxylic acids is 1. The standard InChI is InChI=1S/C16H22N2O3/c1-2-5-13-6-3-4-7-14(13)17-16(21)18-9-8-12(11-18)10-15(19)20/h3-4,6-7,12H,2,5,8-11H2,1H3,(H,17,21)(H,19,20). The van der Waals surface area contributed by atoms with Crippen LogP contribution in [0, 0.1) is 5.92 Å². The van der Waals surface area contributed by atoms with Crippen LogP contribution in [0.4, 0.5) is 10.5 Å². The number of urea groups is 1. The predicted molar refractivity (Wildman–Crippen MR) is 81.4 cm³/mol. The van der Waals surface area contributed by atoms with Crippen LogP contribution in [0.1, 0.15) is 31.7 Å². The van der Waals surface area contributed by atoms with Gasteiger partial charge in [-0.3, -0.25) is 4.79 Å². The van der Waals surface area contributed by atoms with Gasteiger partial charge in [0.05, 0.1) is 0 Å². The lowest BCUT2D eigenvalue weighted by Crippen LogP contribution is -2.33. The van der Waals surface area contributed by atoms with Gasteiger partial charge in [-0.25, -0.2) is 4.79 Å². The number of carbonyl (C=O) groups excluding carboxylic acids is 1. The molecule has 0 aliphatic carbocycles. The van der Waals surface area contributed by atoms with Gasteiger partial charge in [-0.05, 0) is 30.4 Å². The molecule has 0 radical (unpaired) electrons. The Balaban J connectivity index is 1.95. The monoisotopic (exact) mass is 290 g/mol. The SMILES string of the molecule is CCCc1ccccc1NC(=O)N1CCC(CC(=O)O)C1. The maximum absolute atomic E-state index is 12.3. The maximum Gasteiger partial charge on any atom is 0.321 e. The van der Waals surface area contributed by atoms with Crippen LogP contribution in [0.3, 0.4) is 0 Å². The quantitative estimate of drug-likeness (QED) is 0.876. The van der Waals surface area contributed by atoms with E-state index in [2.05, 4.69) is 12.2 Å². The van der Waals surface area contributed by atoms with Crippen LogP contribution in [0.25, 0.3) is 0 Å². The van der Waals surface area contributed by atoms with Crippen molar-refractivity contribution < 1.29 is 14.7 Å². The van der Waals surface area contributed by atoms with Gasteiger partial charge in [0.1, 0.15) is 0 Å². The van der Waals surface area contributed by atoms with Crippen LogP contribution in [0.5, 0.6) is 0 Å². The summed E-state index contributed by atoms with van der Waals surface area (Å²) in [6, 6.07) is 7.68. The molecule has 1 aromatic carbocycles. The molecular weight excluding hydrogens is 268 g/mol. The van der Waals surface area contributed by atoms with Gasteiger partial charge in [0.2, 0.25) is 0 Å². The number of benzene rings is 1. The van der Waals surface area contributed by atoms with E-state index in [1.165, 1.54) is 0 Å². The highest BCUT2D eigenvalue weighted by Gasteiger charge is 2.27. The molecule has 1 saturated heterocycles. The minimum absolute atomic E-state index is 0.0686. The largest absolute Gasteiger partial charge is 0.481 e. The number of aryl methyl sites for hydroxylation is 1. The molecule has 0 spiro atoms. The molecule has 1 heterocycles. The molecule has 21 heavy (non-hydrogen) atoms. The zero-order valence-corrected chi connectivity index (χ0v) is 12.3. The van der Waals surface area contributed by atoms with Crippen LogP contribution >= 0.6 is 0 Å². The van der Waals surface area contributed by atoms with Crippen molar-refractivity contribution in [2.45, 2.75) is 32.6 Å². The second-order valence-electron chi connectivity index (χ2n) is 5.54. The Bertz CT molecular complexity index is 516. The van der Waals surface area contributed by atoms with E-state index in [0.717, 1.165) is 30.5 Å². The van der Waals surface area contributed by atoms with Crippen LogP contribution < -0.4 is 5.32 Å². The molecule has 2 rings (SSSR count). The first-order valence-electron chi connectivity index (χ1n) is 7.45. The Labute approximate surface area is 125 Å². The molecule has 5 heteroatoms. The summed E-state index contributed by atoms with van der Waals surface area (Å²) >= 11 is 0. The van der Waals surface area contributed by atoms with Crippen molar-refractivity contribution in [3.63, 3.8) is 0 Å². The minimum atomic E-state index is -0.796. The summed E-state index contributed by atoms with van der Waals surface area (Å²) in [5.41, 5.74) is 1.99. The number of carboxylic acid groups (broad SMARTS) is 1. The van der Waals surface area contributed by atoms with E-state index in [1.54, 1.807) is 4.90 Å². The van der Waals surface area contributed by atoms with Crippen molar-refractivity contribution in [1.29, 1.82) is 0 Å². The second-order valence-corrected chi connectivity index (χ2v) is 5.54. The topological polar surface area (TPSA) is 69.6 Å². The molecule has 1 atom stereocenters. The molecule has 0 bridgehead atoms. The van der Waals surface area contributed by atoms with Gasteiger partial charge >= 0.3 is 12.0 Å². The van der Waals surface area contributed by atoms with Crippen molar-refractivity contribution in [2.75, 3.05) is 18.4 Å². The number of amides is 2. The fourth-order valence-electron chi connectivity index (χ4n) is 2.75. The molecule has 0 saturated carbocycles. The lowest BCUT2D eigenvalue weighted by atomic mass is 10.1. The van der Waals surface area contributed by atoms with E-state index in [0.29, 0.717) is 13.1 Å². The molecule has 2 N–H and O–H groups in total. The second kappa shape index (κ2) is 7.11. The Morgan fingerprint density at radius 2 is 2.14 bits per heavy atom. The number of anilines is 1. The van der Waals surface area contributed by atoms with Crippen molar-refractivity contribution in [3.8, 4) is 0 Å². The van der Waals surface area contributed by atoms with Gasteiger partial charge in [-0.2, -0.15) is 0 Å². The molecule has 1 fully saturated rings. The van der Waals surface area contributed by atoms with Crippen LogP contribution in [-0.2, 0) is 11.2 Å². The van der Waals surface area contributed by atoms with E-state index in [1.807, 2.05) is 24.3 Å². The zero-order chi connectivity index (χ0) is 15.2. The number of carboxylic acids is 1. The number of likely N-dealkylation sites (tertiary alicyclic amines) is 1. The van der Waals surface area contributed by atoms with Gasteiger partial charge in [-0.15, -0.1) is 0 Å². The third kappa shape index (κ3) is 4.21. The van der Waals surface area contributed by atoms with Gasteiger partial charge in [-0.1, -0.05) is 31.5 Å². The Morgan fingerprint density at radius 1 is 1.38 bits per heavy atom. The molecule has 2 amide bonds. The highest BCUT2D eigenvalue weighted by molar-refractivity contribution is 5.90. The molecule has 1 aromatic rings. The first kappa shape index (κ1) is 15.4. The molecule has 114 valence electrons. The van der Waals surface area contributed by atoms with Gasteiger partial charge in [0.25, 0.3) is 0 Å². The van der Waals surface area contributed by atoms with Crippen molar-refractivity contribution >= 4 is 17.7 Å². The minimum Gasteiger partial charge on any atom is -0.481 e. The zero-order valence-electron chi connectivity index (χ0n) is 12.3. The van der Waals surface area contributed by atoms with E-state index >= 15 is 0 Å². The van der Waals surface area contributed by atoms with E-state index in [4.69, 9.17) is 5.11 Å². The lowest BCUT2D eigenvalue weighted by molar-refractivity contribution is -0.138. The highest BCUT2D eigenvalue weighted by Crippen LogP contribution is 2.22. The maximum atomic E-state index is 12.3. The Hall–Kier alpha value is -2.04. The molecule has 1 aliphatic rings. The number of rotatable bonds is 5. The highest BCUT2D eigenvalue weighted by atomic mass is 16.4. The van der Waals surface area contributed by atoms with Crippen molar-refractivity contribution in [1.82, 2.24) is 4.90 Å². The molecule has 1 aliphatic heterocycles. The first-order valence-corrected chi connectivity index (χ1v) is 7.45. The smallest absolute Gasteiger partial charge is 0.321 e. The van der Waals surface area contributed by atoms with Crippen LogP contribution in [0.2, 0.25) is 0 Å². The summed E-state index contributed by atoms with van der Waals surface area (Å²) in [6.07, 6.45) is 2.85. The average Bonchev–Trinajstić information content (AvgIpc) is 2.89. The van der Waals surface area contributed by atoms with E-state index in [9.17, 15) is 9.59 Å². The number of nitrogens with zero attached hydrogens (tertiary/aromatic N) is 1. The molecule has 5 nitrogen and oxygen atoms in total. The average molecular weight is 290 g/mol. The van der Waals surface area contributed by atoms with Gasteiger partial charge in [0.15, 0.2) is 0 Å². The van der Waals surface area contributed by atoms with Crippen LogP contribution in [-0.4, -0.2) is 35.1 Å².